The number of likely N-dealkylation sites (tertiary alicyclic amines) is 1. The van der Waals surface area contributed by atoms with Gasteiger partial charge < -0.3 is 10.2 Å². The van der Waals surface area contributed by atoms with E-state index in [0.29, 0.717) is 11.2 Å². The van der Waals surface area contributed by atoms with Gasteiger partial charge in [-0.05, 0) is 38.5 Å². The van der Waals surface area contributed by atoms with E-state index >= 15 is 0 Å². The Balaban J connectivity index is 1.77. The molecule has 0 bridgehead atoms. The lowest BCUT2D eigenvalue weighted by atomic mass is 10.1. The van der Waals surface area contributed by atoms with Crippen LogP contribution in [0.15, 0.2) is 4.99 Å². The second-order valence-corrected chi connectivity index (χ2v) is 7.56. The van der Waals surface area contributed by atoms with Crippen molar-refractivity contribution < 1.29 is 4.79 Å². The second-order valence-electron chi connectivity index (χ2n) is 6.27. The van der Waals surface area contributed by atoms with Crippen molar-refractivity contribution >= 4 is 22.8 Å². The van der Waals surface area contributed by atoms with Crippen molar-refractivity contribution in [1.82, 2.24) is 10.2 Å². The zero-order valence-electron chi connectivity index (χ0n) is 12.9. The highest BCUT2D eigenvalue weighted by Gasteiger charge is 2.26. The van der Waals surface area contributed by atoms with Crippen LogP contribution in [0.4, 0.5) is 0 Å². The molecule has 20 heavy (non-hydrogen) atoms. The number of nitrogens with zero attached hydrogens (tertiary/aromatic N) is 2. The van der Waals surface area contributed by atoms with Crippen molar-refractivity contribution in [3.63, 3.8) is 0 Å². The summed E-state index contributed by atoms with van der Waals surface area (Å²) in [5.74, 6) is 0.926. The molecule has 0 aromatic rings. The van der Waals surface area contributed by atoms with Crippen molar-refractivity contribution in [2.75, 3.05) is 19.6 Å². The number of rotatable bonds is 4. The van der Waals surface area contributed by atoms with Crippen molar-refractivity contribution in [2.45, 2.75) is 57.7 Å². The molecule has 0 aliphatic carbocycles. The minimum atomic E-state index is -0.155. The first kappa shape index (κ1) is 15.7. The zero-order valence-corrected chi connectivity index (χ0v) is 13.7. The molecule has 0 saturated carbocycles. The lowest BCUT2D eigenvalue weighted by Gasteiger charge is -2.29. The van der Waals surface area contributed by atoms with Crippen LogP contribution in [0.1, 0.15) is 46.5 Å². The first-order valence-corrected chi connectivity index (χ1v) is 8.70. The van der Waals surface area contributed by atoms with Crippen LogP contribution in [-0.4, -0.2) is 46.9 Å². The molecule has 0 aromatic heterocycles. The van der Waals surface area contributed by atoms with E-state index in [9.17, 15) is 4.79 Å². The Morgan fingerprint density at radius 2 is 2.05 bits per heavy atom. The fourth-order valence-corrected chi connectivity index (χ4v) is 4.12. The summed E-state index contributed by atoms with van der Waals surface area (Å²) in [5, 5.41) is 4.83. The summed E-state index contributed by atoms with van der Waals surface area (Å²) in [6, 6.07) is -0.155. The zero-order chi connectivity index (χ0) is 14.5. The molecule has 0 aromatic carbocycles. The van der Waals surface area contributed by atoms with Gasteiger partial charge in [0.2, 0.25) is 5.91 Å². The van der Waals surface area contributed by atoms with Gasteiger partial charge in [0.15, 0.2) is 5.17 Å². The van der Waals surface area contributed by atoms with Gasteiger partial charge >= 0.3 is 0 Å². The van der Waals surface area contributed by atoms with Gasteiger partial charge in [-0.25, -0.2) is 0 Å². The van der Waals surface area contributed by atoms with Gasteiger partial charge in [0.05, 0.1) is 6.54 Å². The van der Waals surface area contributed by atoms with Crippen LogP contribution in [0.5, 0.6) is 0 Å². The van der Waals surface area contributed by atoms with Crippen molar-refractivity contribution in [1.29, 1.82) is 0 Å². The van der Waals surface area contributed by atoms with Gasteiger partial charge in [0, 0.05) is 18.3 Å². The van der Waals surface area contributed by atoms with E-state index in [0.717, 1.165) is 37.6 Å². The third-order valence-electron chi connectivity index (χ3n) is 3.83. The highest BCUT2D eigenvalue weighted by atomic mass is 32.2. The van der Waals surface area contributed by atoms with Gasteiger partial charge in [-0.1, -0.05) is 25.6 Å². The molecule has 0 spiro atoms. The second kappa shape index (κ2) is 7.34. The van der Waals surface area contributed by atoms with Crippen LogP contribution < -0.4 is 5.32 Å². The van der Waals surface area contributed by atoms with E-state index in [2.05, 4.69) is 24.2 Å². The Labute approximate surface area is 126 Å². The van der Waals surface area contributed by atoms with Crippen LogP contribution in [0.2, 0.25) is 0 Å². The normalized spacial score (nSPS) is 24.7. The maximum atomic E-state index is 12.3. The first-order valence-electron chi connectivity index (χ1n) is 7.82. The van der Waals surface area contributed by atoms with Crippen LogP contribution in [0, 0.1) is 5.92 Å². The Morgan fingerprint density at radius 1 is 1.35 bits per heavy atom. The number of hydrogen-bond donors (Lipinski definition) is 1. The van der Waals surface area contributed by atoms with Gasteiger partial charge in [0.1, 0.15) is 6.04 Å². The molecular weight excluding hydrogens is 270 g/mol. The number of nitrogens with one attached hydrogen (secondary N) is 1. The molecular formula is C15H27N3OS. The third kappa shape index (κ3) is 4.40. The summed E-state index contributed by atoms with van der Waals surface area (Å²) in [7, 11) is 0. The van der Waals surface area contributed by atoms with Crippen LogP contribution in [-0.2, 0) is 4.79 Å². The van der Waals surface area contributed by atoms with Crippen LogP contribution in [0.3, 0.4) is 0 Å². The SMILES string of the molecule is CC(C)CC1CN=C(NC(C)C(=O)N2CCCCC2)S1. The summed E-state index contributed by atoms with van der Waals surface area (Å²) < 4.78 is 0. The van der Waals surface area contributed by atoms with Gasteiger partial charge in [-0.15, -0.1) is 0 Å². The number of carbonyl (C=O) groups is 1. The number of piperidine rings is 1. The maximum absolute atomic E-state index is 12.3. The Morgan fingerprint density at radius 3 is 2.70 bits per heavy atom. The number of amidine groups is 1. The summed E-state index contributed by atoms with van der Waals surface area (Å²) >= 11 is 1.80. The van der Waals surface area contributed by atoms with Crippen molar-refractivity contribution in [3.8, 4) is 0 Å². The predicted molar refractivity (Wildman–Crippen MR) is 86.2 cm³/mol. The number of hydrogen-bond acceptors (Lipinski definition) is 4. The quantitative estimate of drug-likeness (QED) is 0.867. The van der Waals surface area contributed by atoms with Crippen LogP contribution >= 0.6 is 11.8 Å². The van der Waals surface area contributed by atoms with E-state index in [1.807, 2.05) is 11.8 Å². The molecule has 1 saturated heterocycles. The monoisotopic (exact) mass is 297 g/mol. The van der Waals surface area contributed by atoms with Crippen molar-refractivity contribution in [2.24, 2.45) is 10.9 Å². The number of amides is 1. The van der Waals surface area contributed by atoms with Crippen molar-refractivity contribution in [3.05, 3.63) is 0 Å². The summed E-state index contributed by atoms with van der Waals surface area (Å²) in [6.07, 6.45) is 4.73. The maximum Gasteiger partial charge on any atom is 0.244 e. The fourth-order valence-electron chi connectivity index (χ4n) is 2.78. The Hall–Kier alpha value is -0.710. The highest BCUT2D eigenvalue weighted by Crippen LogP contribution is 2.25. The fraction of sp³-hybridized carbons (Fsp3) is 0.867. The van der Waals surface area contributed by atoms with E-state index in [1.54, 1.807) is 11.8 Å². The largest absolute Gasteiger partial charge is 0.353 e. The summed E-state index contributed by atoms with van der Waals surface area (Å²) in [6.45, 7) is 9.16. The molecule has 4 nitrogen and oxygen atoms in total. The topological polar surface area (TPSA) is 44.7 Å². The molecule has 1 fully saturated rings. The summed E-state index contributed by atoms with van der Waals surface area (Å²) in [5.41, 5.74) is 0. The molecule has 2 unspecified atom stereocenters. The van der Waals surface area contributed by atoms with Gasteiger partial charge in [0.25, 0.3) is 0 Å². The van der Waals surface area contributed by atoms with E-state index in [-0.39, 0.29) is 11.9 Å². The van der Waals surface area contributed by atoms with E-state index in [1.165, 1.54) is 12.8 Å². The Bertz CT molecular complexity index is 364. The van der Waals surface area contributed by atoms with Crippen LogP contribution in [0.25, 0.3) is 0 Å². The molecule has 1 N–H and O–H groups in total. The molecule has 2 aliphatic rings. The summed E-state index contributed by atoms with van der Waals surface area (Å²) in [4.78, 5) is 18.9. The molecule has 2 rings (SSSR count). The predicted octanol–water partition coefficient (Wildman–Crippen LogP) is 2.49. The highest BCUT2D eigenvalue weighted by molar-refractivity contribution is 8.14. The average Bonchev–Trinajstić information content (AvgIpc) is 2.85. The minimum Gasteiger partial charge on any atom is -0.353 e. The van der Waals surface area contributed by atoms with Gasteiger partial charge in [-0.2, -0.15) is 0 Å². The first-order chi connectivity index (χ1) is 9.56. The average molecular weight is 297 g/mol. The molecule has 2 heterocycles. The minimum absolute atomic E-state index is 0.155. The molecule has 0 radical (unpaired) electrons. The van der Waals surface area contributed by atoms with Gasteiger partial charge in [-0.3, -0.25) is 9.79 Å². The lowest BCUT2D eigenvalue weighted by molar-refractivity contribution is -0.133. The third-order valence-corrected chi connectivity index (χ3v) is 4.97. The molecule has 5 heteroatoms. The Kier molecular flexibility index (Phi) is 5.75. The smallest absolute Gasteiger partial charge is 0.244 e. The lowest BCUT2D eigenvalue weighted by Crippen LogP contribution is -2.47. The number of aliphatic imine (C=N–C) groups is 1. The molecule has 114 valence electrons. The number of thioether (sulfide) groups is 1. The van der Waals surface area contributed by atoms with E-state index in [4.69, 9.17) is 0 Å². The molecule has 2 aliphatic heterocycles. The number of carbonyl (C=O) groups excluding carboxylic acids is 1. The molecule has 1 amide bonds. The molecule has 2 atom stereocenters. The standard InChI is InChI=1S/C15H27N3OS/c1-11(2)9-13-10-16-15(20-13)17-12(3)14(19)18-7-5-4-6-8-18/h11-13H,4-10H2,1-3H3,(H,16,17). The van der Waals surface area contributed by atoms with E-state index < -0.39 is 0 Å².